The maximum atomic E-state index is 5.10. The molecule has 0 saturated heterocycles. The van der Waals surface area contributed by atoms with E-state index >= 15 is 0 Å². The van der Waals surface area contributed by atoms with Crippen molar-refractivity contribution in [1.29, 1.82) is 0 Å². The Morgan fingerprint density at radius 1 is 1.33 bits per heavy atom. The third-order valence-corrected chi connectivity index (χ3v) is 2.99. The summed E-state index contributed by atoms with van der Waals surface area (Å²) >= 11 is 3.34. The van der Waals surface area contributed by atoms with Crippen LogP contribution in [0.3, 0.4) is 0 Å². The second-order valence-corrected chi connectivity index (χ2v) is 4.53. The van der Waals surface area contributed by atoms with Gasteiger partial charge in [0.15, 0.2) is 11.9 Å². The van der Waals surface area contributed by atoms with Gasteiger partial charge < -0.3 is 14.8 Å². The minimum absolute atomic E-state index is 0.238. The largest absolute Gasteiger partial charge is 0.355 e. The maximum absolute atomic E-state index is 5.10. The van der Waals surface area contributed by atoms with Crippen LogP contribution in [0, 0.1) is 0 Å². The second kappa shape index (κ2) is 6.24. The van der Waals surface area contributed by atoms with Crippen LogP contribution in [0.2, 0.25) is 0 Å². The van der Waals surface area contributed by atoms with Gasteiger partial charge >= 0.3 is 0 Å². The number of imidazole rings is 1. The summed E-state index contributed by atoms with van der Waals surface area (Å²) in [6, 6.07) is 0. The molecule has 0 aliphatic carbocycles. The summed E-state index contributed by atoms with van der Waals surface area (Å²) in [6.07, 6.45) is 5.20. The van der Waals surface area contributed by atoms with E-state index in [1.807, 2.05) is 16.8 Å². The molecule has 0 radical (unpaired) electrons. The number of ether oxygens (including phenoxy) is 2. The zero-order valence-corrected chi connectivity index (χ0v) is 11.8. The van der Waals surface area contributed by atoms with Crippen molar-refractivity contribution in [2.75, 3.05) is 20.8 Å². The quantitative estimate of drug-likeness (QED) is 0.812. The van der Waals surface area contributed by atoms with E-state index in [0.29, 0.717) is 13.1 Å². The highest BCUT2D eigenvalue weighted by atomic mass is 79.9. The average molecular weight is 315 g/mol. The van der Waals surface area contributed by atoms with E-state index in [1.54, 1.807) is 20.4 Å². The smallest absolute Gasteiger partial charge is 0.169 e. The molecule has 2 aromatic rings. The molecule has 0 aliphatic rings. The highest BCUT2D eigenvalue weighted by Gasteiger charge is 2.07. The lowest BCUT2D eigenvalue weighted by atomic mass is 10.4. The molecule has 1 N–H and O–H groups in total. The van der Waals surface area contributed by atoms with Crippen LogP contribution in [0.25, 0.3) is 5.65 Å². The van der Waals surface area contributed by atoms with E-state index in [4.69, 9.17) is 9.47 Å². The highest BCUT2D eigenvalue weighted by molar-refractivity contribution is 9.10. The molecule has 0 aliphatic heterocycles. The molecule has 0 atom stereocenters. The van der Waals surface area contributed by atoms with Gasteiger partial charge in [-0.3, -0.25) is 4.40 Å². The van der Waals surface area contributed by atoms with Crippen molar-refractivity contribution in [2.45, 2.75) is 12.8 Å². The Morgan fingerprint density at radius 3 is 2.83 bits per heavy atom. The van der Waals surface area contributed by atoms with E-state index in [0.717, 1.165) is 15.9 Å². The van der Waals surface area contributed by atoms with Crippen LogP contribution >= 0.6 is 15.9 Å². The van der Waals surface area contributed by atoms with Gasteiger partial charge in [-0.1, -0.05) is 0 Å². The molecule has 0 unspecified atom stereocenters. The molecule has 0 amide bonds. The average Bonchev–Trinajstić information content (AvgIpc) is 2.77. The maximum Gasteiger partial charge on any atom is 0.169 e. The van der Waals surface area contributed by atoms with Crippen molar-refractivity contribution < 1.29 is 9.47 Å². The van der Waals surface area contributed by atoms with Crippen molar-refractivity contribution >= 4 is 21.6 Å². The van der Waals surface area contributed by atoms with E-state index < -0.39 is 0 Å². The minimum Gasteiger partial charge on any atom is -0.355 e. The summed E-state index contributed by atoms with van der Waals surface area (Å²) in [5, 5.41) is 3.25. The minimum atomic E-state index is -0.238. The molecular formula is C11H15BrN4O2. The number of nitrogens with zero attached hydrogens (tertiary/aromatic N) is 3. The molecule has 0 spiro atoms. The summed E-state index contributed by atoms with van der Waals surface area (Å²) in [5.41, 5.74) is 1.88. The first kappa shape index (κ1) is 13.4. The van der Waals surface area contributed by atoms with E-state index in [1.165, 1.54) is 0 Å². The Balaban J connectivity index is 2.01. The Bertz CT molecular complexity index is 513. The van der Waals surface area contributed by atoms with Crippen LogP contribution in [-0.4, -0.2) is 41.4 Å². The zero-order valence-electron chi connectivity index (χ0n) is 10.3. The molecule has 6 nitrogen and oxygen atoms in total. The molecule has 0 saturated carbocycles. The summed E-state index contributed by atoms with van der Waals surface area (Å²) in [7, 11) is 3.24. The molecule has 0 aromatic carbocycles. The number of rotatable bonds is 6. The fraction of sp³-hybridized carbons (Fsp3) is 0.455. The molecule has 2 aromatic heterocycles. The van der Waals surface area contributed by atoms with Gasteiger partial charge in [0.2, 0.25) is 0 Å². The van der Waals surface area contributed by atoms with Gasteiger partial charge in [0, 0.05) is 33.5 Å². The predicted molar refractivity (Wildman–Crippen MR) is 70.2 cm³/mol. The van der Waals surface area contributed by atoms with Crippen molar-refractivity contribution in [3.05, 3.63) is 28.9 Å². The lowest BCUT2D eigenvalue weighted by Crippen LogP contribution is -2.29. The molecule has 0 bridgehead atoms. The standard InChI is InChI=1S/C11H15BrN4O2/c1-17-11(18-2)6-13-3-8-4-15-10-5-14-9(12)7-16(8)10/h4-5,7,11,13H,3,6H2,1-2H3. The molecule has 2 rings (SSSR count). The first-order chi connectivity index (χ1) is 8.74. The molecular weight excluding hydrogens is 300 g/mol. The van der Waals surface area contributed by atoms with Gasteiger partial charge in [-0.25, -0.2) is 9.97 Å². The summed E-state index contributed by atoms with van der Waals surface area (Å²) < 4.78 is 13.0. The first-order valence-electron chi connectivity index (χ1n) is 5.48. The van der Waals surface area contributed by atoms with Gasteiger partial charge in [0.25, 0.3) is 0 Å². The Hall–Kier alpha value is -1.02. The molecule has 18 heavy (non-hydrogen) atoms. The van der Waals surface area contributed by atoms with Gasteiger partial charge in [-0.05, 0) is 15.9 Å². The Morgan fingerprint density at radius 2 is 2.11 bits per heavy atom. The SMILES string of the molecule is COC(CNCc1cnc2cnc(Br)cn12)OC. The van der Waals surface area contributed by atoms with Gasteiger partial charge in [0.05, 0.1) is 18.1 Å². The summed E-state index contributed by atoms with van der Waals surface area (Å²) in [6.45, 7) is 1.30. The van der Waals surface area contributed by atoms with Crippen LogP contribution in [0.1, 0.15) is 5.69 Å². The number of halogens is 1. The Kier molecular flexibility index (Phi) is 4.65. The van der Waals surface area contributed by atoms with Crippen LogP contribution in [-0.2, 0) is 16.0 Å². The molecule has 7 heteroatoms. The van der Waals surface area contributed by atoms with Gasteiger partial charge in [-0.2, -0.15) is 0 Å². The molecule has 2 heterocycles. The number of hydrogen-bond donors (Lipinski definition) is 1. The lowest BCUT2D eigenvalue weighted by molar-refractivity contribution is -0.0989. The van der Waals surface area contributed by atoms with Crippen LogP contribution in [0.15, 0.2) is 23.2 Å². The second-order valence-electron chi connectivity index (χ2n) is 3.72. The van der Waals surface area contributed by atoms with Crippen molar-refractivity contribution in [2.24, 2.45) is 0 Å². The van der Waals surface area contributed by atoms with Crippen molar-refractivity contribution in [1.82, 2.24) is 19.7 Å². The fourth-order valence-electron chi connectivity index (χ4n) is 1.63. The third-order valence-electron chi connectivity index (χ3n) is 2.58. The van der Waals surface area contributed by atoms with Gasteiger partial charge in [-0.15, -0.1) is 0 Å². The van der Waals surface area contributed by atoms with Crippen molar-refractivity contribution in [3.63, 3.8) is 0 Å². The van der Waals surface area contributed by atoms with Crippen LogP contribution in [0.5, 0.6) is 0 Å². The summed E-state index contributed by atoms with van der Waals surface area (Å²) in [4.78, 5) is 8.40. The molecule has 98 valence electrons. The number of methoxy groups -OCH3 is 2. The van der Waals surface area contributed by atoms with E-state index in [2.05, 4.69) is 31.2 Å². The number of nitrogens with one attached hydrogen (secondary N) is 1. The number of aromatic nitrogens is 3. The normalized spacial score (nSPS) is 11.6. The number of hydrogen-bond acceptors (Lipinski definition) is 5. The summed E-state index contributed by atoms with van der Waals surface area (Å²) in [5.74, 6) is 0. The monoisotopic (exact) mass is 314 g/mol. The van der Waals surface area contributed by atoms with Crippen molar-refractivity contribution in [3.8, 4) is 0 Å². The highest BCUT2D eigenvalue weighted by Crippen LogP contribution is 2.10. The van der Waals surface area contributed by atoms with Crippen LogP contribution < -0.4 is 5.32 Å². The molecule has 0 fully saturated rings. The first-order valence-corrected chi connectivity index (χ1v) is 6.27. The Labute approximate surface area is 113 Å². The number of fused-ring (bicyclic) bond motifs is 1. The fourth-order valence-corrected chi connectivity index (χ4v) is 1.93. The lowest BCUT2D eigenvalue weighted by Gasteiger charge is -2.13. The van der Waals surface area contributed by atoms with Crippen LogP contribution in [0.4, 0.5) is 0 Å². The van der Waals surface area contributed by atoms with E-state index in [-0.39, 0.29) is 6.29 Å². The third kappa shape index (κ3) is 3.05. The zero-order chi connectivity index (χ0) is 13.0. The topological polar surface area (TPSA) is 60.7 Å². The predicted octanol–water partition coefficient (Wildman–Crippen LogP) is 1.20. The van der Waals surface area contributed by atoms with E-state index in [9.17, 15) is 0 Å². The van der Waals surface area contributed by atoms with Gasteiger partial charge in [0.1, 0.15) is 4.60 Å².